The molecule has 44 heavy (non-hydrogen) atoms. The van der Waals surface area contributed by atoms with E-state index in [1.807, 2.05) is 19.1 Å². The van der Waals surface area contributed by atoms with Crippen LogP contribution in [0.25, 0.3) is 11.3 Å². The number of ether oxygens (including phenoxy) is 1. The number of carbonyl (C=O) groups excluding carboxylic acids is 2. The normalized spacial score (nSPS) is 15.0. The SMILES string of the molecule is Cc1ccc(O)c(-c2nn(C)cc2C#Cc2ccc(NC(=O)[C@@H]3COCCN3C(=O)[C@H](NC(=O)O)c3ccccc3)cc2)c1. The molecule has 5 rings (SSSR count). The van der Waals surface area contributed by atoms with Crippen molar-refractivity contribution in [3.8, 4) is 28.8 Å². The molecule has 0 saturated carbocycles. The molecule has 11 nitrogen and oxygen atoms in total. The molecule has 2 atom stereocenters. The first-order valence-corrected chi connectivity index (χ1v) is 13.9. The maximum atomic E-state index is 13.5. The Morgan fingerprint density at radius 2 is 1.80 bits per heavy atom. The Labute approximate surface area is 254 Å². The molecule has 1 fully saturated rings. The largest absolute Gasteiger partial charge is 0.507 e. The minimum Gasteiger partial charge on any atom is -0.507 e. The van der Waals surface area contributed by atoms with Crippen LogP contribution in [0.2, 0.25) is 0 Å². The second-order valence-corrected chi connectivity index (χ2v) is 10.3. The van der Waals surface area contributed by atoms with Crippen molar-refractivity contribution in [1.29, 1.82) is 0 Å². The summed E-state index contributed by atoms with van der Waals surface area (Å²) in [5.41, 5.74) is 4.46. The molecule has 0 aliphatic carbocycles. The number of hydrogen-bond acceptors (Lipinski definition) is 6. The monoisotopic (exact) mass is 593 g/mol. The summed E-state index contributed by atoms with van der Waals surface area (Å²) in [5, 5.41) is 29.3. The number of nitrogens with one attached hydrogen (secondary N) is 2. The predicted molar refractivity (Wildman–Crippen MR) is 163 cm³/mol. The van der Waals surface area contributed by atoms with E-state index in [2.05, 4.69) is 27.6 Å². The van der Waals surface area contributed by atoms with Gasteiger partial charge in [-0.25, -0.2) is 4.79 Å². The van der Waals surface area contributed by atoms with Crippen molar-refractivity contribution in [2.75, 3.05) is 25.1 Å². The van der Waals surface area contributed by atoms with E-state index in [1.54, 1.807) is 78.6 Å². The van der Waals surface area contributed by atoms with Crippen LogP contribution in [0, 0.1) is 18.8 Å². The molecule has 1 aromatic heterocycles. The van der Waals surface area contributed by atoms with Gasteiger partial charge in [-0.3, -0.25) is 14.3 Å². The van der Waals surface area contributed by atoms with Crippen LogP contribution in [-0.2, 0) is 21.4 Å². The molecular formula is C33H31N5O6. The number of amides is 3. The third kappa shape index (κ3) is 6.88. The first kappa shape index (κ1) is 29.9. The number of benzene rings is 3. The van der Waals surface area contributed by atoms with E-state index in [1.165, 1.54) is 4.90 Å². The third-order valence-corrected chi connectivity index (χ3v) is 7.09. The first-order valence-electron chi connectivity index (χ1n) is 13.9. The number of aryl methyl sites for hydroxylation is 2. The van der Waals surface area contributed by atoms with Gasteiger partial charge in [-0.15, -0.1) is 0 Å². The van der Waals surface area contributed by atoms with Crippen LogP contribution in [0.4, 0.5) is 10.5 Å². The highest BCUT2D eigenvalue weighted by molar-refractivity contribution is 5.98. The standard InChI is InChI=1S/C33H31N5O6/c1-21-8-15-28(39)26(18-21)29-24(19-37(2)36-29)12-9-22-10-13-25(14-11-22)34-31(40)27-20-44-17-16-38(27)32(41)30(35-33(42)43)23-6-4-3-5-7-23/h3-8,10-11,13-15,18-19,27,30,35,39H,16-17,20H2,1-2H3,(H,34,40)(H,42,43)/t27-,30+/m0/s1. The van der Waals surface area contributed by atoms with E-state index >= 15 is 0 Å². The van der Waals surface area contributed by atoms with Gasteiger partial charge in [-0.1, -0.05) is 53.8 Å². The molecular weight excluding hydrogens is 562 g/mol. The molecule has 0 radical (unpaired) electrons. The van der Waals surface area contributed by atoms with E-state index in [4.69, 9.17) is 4.74 Å². The van der Waals surface area contributed by atoms with E-state index in [0.717, 1.165) is 5.56 Å². The Balaban J connectivity index is 1.30. The second kappa shape index (κ2) is 13.1. The maximum Gasteiger partial charge on any atom is 0.405 e. The summed E-state index contributed by atoms with van der Waals surface area (Å²) in [7, 11) is 1.79. The Kier molecular flexibility index (Phi) is 8.93. The number of anilines is 1. The van der Waals surface area contributed by atoms with Gasteiger partial charge in [0.2, 0.25) is 5.91 Å². The Hall–Kier alpha value is -5.60. The van der Waals surface area contributed by atoms with E-state index in [0.29, 0.717) is 33.6 Å². The molecule has 1 aliphatic heterocycles. The maximum absolute atomic E-state index is 13.5. The van der Waals surface area contributed by atoms with Crippen LogP contribution in [0.3, 0.4) is 0 Å². The van der Waals surface area contributed by atoms with E-state index in [9.17, 15) is 24.6 Å². The van der Waals surface area contributed by atoms with E-state index < -0.39 is 30.0 Å². The van der Waals surface area contributed by atoms with Crippen LogP contribution >= 0.6 is 0 Å². The van der Waals surface area contributed by atoms with Gasteiger partial charge in [0.1, 0.15) is 23.5 Å². The number of phenolic OH excluding ortho intramolecular Hbond substituents is 1. The molecule has 0 bridgehead atoms. The van der Waals surface area contributed by atoms with Crippen molar-refractivity contribution < 1.29 is 29.3 Å². The summed E-state index contributed by atoms with van der Waals surface area (Å²) in [6.45, 7) is 2.26. The van der Waals surface area contributed by atoms with Gasteiger partial charge in [-0.05, 0) is 48.9 Å². The molecule has 3 amide bonds. The number of carbonyl (C=O) groups is 3. The van der Waals surface area contributed by atoms with Gasteiger partial charge >= 0.3 is 6.09 Å². The zero-order chi connectivity index (χ0) is 31.2. The topological polar surface area (TPSA) is 146 Å². The summed E-state index contributed by atoms with van der Waals surface area (Å²) in [6.07, 6.45) is 0.435. The highest BCUT2D eigenvalue weighted by atomic mass is 16.5. The van der Waals surface area contributed by atoms with Gasteiger partial charge in [0.25, 0.3) is 5.91 Å². The molecule has 224 valence electrons. The van der Waals surface area contributed by atoms with Crippen molar-refractivity contribution in [2.24, 2.45) is 7.05 Å². The van der Waals surface area contributed by atoms with Crippen LogP contribution in [0.15, 0.2) is 79.0 Å². The predicted octanol–water partition coefficient (Wildman–Crippen LogP) is 3.68. The van der Waals surface area contributed by atoms with Crippen molar-refractivity contribution in [1.82, 2.24) is 20.0 Å². The number of rotatable bonds is 6. The average Bonchev–Trinajstić information content (AvgIpc) is 3.40. The number of nitrogens with zero attached hydrogens (tertiary/aromatic N) is 3. The first-order chi connectivity index (χ1) is 21.2. The van der Waals surface area contributed by atoms with Gasteiger partial charge in [0.05, 0.1) is 18.8 Å². The van der Waals surface area contributed by atoms with Crippen molar-refractivity contribution >= 4 is 23.6 Å². The van der Waals surface area contributed by atoms with Gasteiger partial charge < -0.3 is 30.5 Å². The number of aromatic nitrogens is 2. The average molecular weight is 594 g/mol. The summed E-state index contributed by atoms with van der Waals surface area (Å²) >= 11 is 0. The summed E-state index contributed by atoms with van der Waals surface area (Å²) in [6, 6.07) is 18.6. The van der Waals surface area contributed by atoms with E-state index in [-0.39, 0.29) is 25.5 Å². The molecule has 4 N–H and O–H groups in total. The zero-order valence-electron chi connectivity index (χ0n) is 24.2. The molecule has 11 heteroatoms. The number of morpholine rings is 1. The second-order valence-electron chi connectivity index (χ2n) is 10.3. The van der Waals surface area contributed by atoms with Crippen molar-refractivity contribution in [3.63, 3.8) is 0 Å². The fourth-order valence-corrected chi connectivity index (χ4v) is 4.93. The molecule has 0 spiro atoms. The van der Waals surface area contributed by atoms with Crippen LogP contribution in [0.1, 0.15) is 28.3 Å². The van der Waals surface area contributed by atoms with Gasteiger partial charge in [0, 0.05) is 36.6 Å². The molecule has 3 aromatic carbocycles. The van der Waals surface area contributed by atoms with Crippen LogP contribution < -0.4 is 10.6 Å². The van der Waals surface area contributed by atoms with Crippen LogP contribution in [0.5, 0.6) is 5.75 Å². The lowest BCUT2D eigenvalue weighted by Gasteiger charge is -2.36. The minimum atomic E-state index is -1.35. The molecule has 1 saturated heterocycles. The fraction of sp³-hybridized carbons (Fsp3) is 0.212. The fourth-order valence-electron chi connectivity index (χ4n) is 4.93. The summed E-state index contributed by atoms with van der Waals surface area (Å²) in [5.74, 6) is 5.34. The minimum absolute atomic E-state index is 0.0281. The zero-order valence-corrected chi connectivity index (χ0v) is 24.2. The van der Waals surface area contributed by atoms with Gasteiger partial charge in [0.15, 0.2) is 0 Å². The number of aromatic hydroxyl groups is 1. The molecule has 2 heterocycles. The third-order valence-electron chi connectivity index (χ3n) is 7.09. The highest BCUT2D eigenvalue weighted by Gasteiger charge is 2.37. The lowest BCUT2D eigenvalue weighted by atomic mass is 10.0. The molecule has 1 aliphatic rings. The summed E-state index contributed by atoms with van der Waals surface area (Å²) in [4.78, 5) is 39.7. The molecule has 0 unspecified atom stereocenters. The smallest absolute Gasteiger partial charge is 0.405 e. The van der Waals surface area contributed by atoms with Crippen LogP contribution in [-0.4, -0.2) is 68.6 Å². The number of phenols is 1. The summed E-state index contributed by atoms with van der Waals surface area (Å²) < 4.78 is 7.15. The Bertz CT molecular complexity index is 1740. The van der Waals surface area contributed by atoms with Crippen molar-refractivity contribution in [3.05, 3.63) is 101 Å². The van der Waals surface area contributed by atoms with Crippen molar-refractivity contribution in [2.45, 2.75) is 19.0 Å². The Morgan fingerprint density at radius 3 is 2.52 bits per heavy atom. The Morgan fingerprint density at radius 1 is 1.05 bits per heavy atom. The highest BCUT2D eigenvalue weighted by Crippen LogP contribution is 2.31. The van der Waals surface area contributed by atoms with Gasteiger partial charge in [-0.2, -0.15) is 5.10 Å². The lowest BCUT2D eigenvalue weighted by Crippen LogP contribution is -2.57. The number of carboxylic acid groups (broad SMARTS) is 1. The molecule has 4 aromatic rings. The quantitative estimate of drug-likeness (QED) is 0.250. The lowest BCUT2D eigenvalue weighted by molar-refractivity contribution is -0.148. The number of hydrogen-bond donors (Lipinski definition) is 4.